The van der Waals surface area contributed by atoms with Crippen LogP contribution in [0.1, 0.15) is 187 Å². The van der Waals surface area contributed by atoms with Crippen molar-refractivity contribution in [2.24, 2.45) is 0 Å². The highest BCUT2D eigenvalue weighted by Crippen LogP contribution is 2.15. The fourth-order valence-corrected chi connectivity index (χ4v) is 5.12. The quantitative estimate of drug-likeness (QED) is 0.0482. The van der Waals surface area contributed by atoms with Gasteiger partial charge in [0.25, 0.3) is 0 Å². The molecule has 0 spiro atoms. The molecular formula is C38H68O4. The van der Waals surface area contributed by atoms with Crippen LogP contribution in [-0.2, 0) is 14.3 Å². The van der Waals surface area contributed by atoms with Crippen LogP contribution >= 0.6 is 0 Å². The second-order valence-electron chi connectivity index (χ2n) is 12.0. The summed E-state index contributed by atoms with van der Waals surface area (Å²) in [6, 6.07) is 0. The van der Waals surface area contributed by atoms with E-state index in [0.717, 1.165) is 57.8 Å². The standard InChI is InChI=1S/C38H68O4/c1-3-5-7-9-11-12-13-14-15-16-17-18-19-20-21-22-23-25-31-35-38(41)42-36(32-28-24-10-8-6-4-2)33-29-26-27-30-34-37(39)40/h11-12,14-15,28,32,36H,3-10,13,16-27,29-31,33-35H2,1-2H3,(H,39,40)/b12-11-,15-14-,32-28-. The second kappa shape index (κ2) is 33.7. The van der Waals surface area contributed by atoms with E-state index in [1.165, 1.54) is 103 Å². The predicted octanol–water partition coefficient (Wildman–Crippen LogP) is 12.2. The Balaban J connectivity index is 3.86. The molecule has 0 aromatic carbocycles. The Hall–Kier alpha value is -1.84. The van der Waals surface area contributed by atoms with Gasteiger partial charge >= 0.3 is 11.9 Å². The number of hydrogen-bond acceptors (Lipinski definition) is 3. The van der Waals surface area contributed by atoms with E-state index < -0.39 is 5.97 Å². The molecule has 1 atom stereocenters. The van der Waals surface area contributed by atoms with E-state index >= 15 is 0 Å². The zero-order valence-electron chi connectivity index (χ0n) is 27.8. The lowest BCUT2D eigenvalue weighted by atomic mass is 10.1. The second-order valence-corrected chi connectivity index (χ2v) is 12.0. The number of hydrogen-bond donors (Lipinski definition) is 1. The van der Waals surface area contributed by atoms with Crippen LogP contribution in [0.3, 0.4) is 0 Å². The first-order chi connectivity index (χ1) is 20.6. The normalized spacial score (nSPS) is 12.6. The summed E-state index contributed by atoms with van der Waals surface area (Å²) in [5, 5.41) is 8.79. The third kappa shape index (κ3) is 32.7. The van der Waals surface area contributed by atoms with E-state index in [2.05, 4.69) is 50.3 Å². The fourth-order valence-electron chi connectivity index (χ4n) is 5.12. The molecule has 1 N–H and O–H groups in total. The van der Waals surface area contributed by atoms with Gasteiger partial charge in [-0.2, -0.15) is 0 Å². The Morgan fingerprint density at radius 1 is 0.548 bits per heavy atom. The Kier molecular flexibility index (Phi) is 32.2. The Morgan fingerprint density at radius 3 is 1.60 bits per heavy atom. The molecule has 0 aromatic rings. The first-order valence-electron chi connectivity index (χ1n) is 18.0. The Morgan fingerprint density at radius 2 is 1.00 bits per heavy atom. The minimum absolute atomic E-state index is 0.0708. The van der Waals surface area contributed by atoms with Gasteiger partial charge in [-0.15, -0.1) is 0 Å². The summed E-state index contributed by atoms with van der Waals surface area (Å²) in [5.74, 6) is -0.794. The van der Waals surface area contributed by atoms with Crippen molar-refractivity contribution in [3.63, 3.8) is 0 Å². The van der Waals surface area contributed by atoms with Crippen LogP contribution in [0.5, 0.6) is 0 Å². The molecule has 244 valence electrons. The van der Waals surface area contributed by atoms with E-state index in [-0.39, 0.29) is 18.5 Å². The Labute approximate surface area is 260 Å². The minimum Gasteiger partial charge on any atom is -0.481 e. The van der Waals surface area contributed by atoms with E-state index in [0.29, 0.717) is 6.42 Å². The van der Waals surface area contributed by atoms with Crippen LogP contribution in [0.25, 0.3) is 0 Å². The monoisotopic (exact) mass is 589 g/mol. The molecule has 0 rings (SSSR count). The number of ether oxygens (including phenoxy) is 1. The third-order valence-corrected chi connectivity index (χ3v) is 7.82. The zero-order valence-corrected chi connectivity index (χ0v) is 27.8. The van der Waals surface area contributed by atoms with E-state index in [4.69, 9.17) is 9.84 Å². The van der Waals surface area contributed by atoms with Gasteiger partial charge in [0.2, 0.25) is 0 Å². The number of aliphatic carboxylic acids is 1. The molecule has 0 saturated carbocycles. The number of carbonyl (C=O) groups excluding carboxylic acids is 1. The molecule has 0 aliphatic carbocycles. The number of esters is 1. The van der Waals surface area contributed by atoms with Crippen molar-refractivity contribution >= 4 is 11.9 Å². The number of carboxylic acids is 1. The highest BCUT2D eigenvalue weighted by Gasteiger charge is 2.11. The average Bonchev–Trinajstić information content (AvgIpc) is 2.97. The lowest BCUT2D eigenvalue weighted by molar-refractivity contribution is -0.147. The molecule has 4 nitrogen and oxygen atoms in total. The molecule has 1 unspecified atom stereocenters. The fraction of sp³-hybridized carbons (Fsp3) is 0.789. The summed E-state index contributed by atoms with van der Waals surface area (Å²) in [6.07, 6.45) is 43.2. The molecule has 0 aliphatic rings. The highest BCUT2D eigenvalue weighted by molar-refractivity contribution is 5.69. The van der Waals surface area contributed by atoms with Crippen molar-refractivity contribution in [1.82, 2.24) is 0 Å². The van der Waals surface area contributed by atoms with Gasteiger partial charge in [-0.1, -0.05) is 134 Å². The molecule has 0 fully saturated rings. The first kappa shape index (κ1) is 40.2. The molecular weight excluding hydrogens is 520 g/mol. The van der Waals surface area contributed by atoms with E-state index in [1.54, 1.807) is 0 Å². The van der Waals surface area contributed by atoms with Gasteiger partial charge in [0.05, 0.1) is 0 Å². The average molecular weight is 589 g/mol. The lowest BCUT2D eigenvalue weighted by Crippen LogP contribution is -2.16. The van der Waals surface area contributed by atoms with Gasteiger partial charge in [-0.05, 0) is 76.7 Å². The largest absolute Gasteiger partial charge is 0.481 e. The summed E-state index contributed by atoms with van der Waals surface area (Å²) < 4.78 is 5.83. The Bertz CT molecular complexity index is 679. The maximum Gasteiger partial charge on any atom is 0.306 e. The maximum absolute atomic E-state index is 12.5. The molecule has 0 saturated heterocycles. The van der Waals surface area contributed by atoms with Crippen molar-refractivity contribution in [2.45, 2.75) is 193 Å². The van der Waals surface area contributed by atoms with Crippen LogP contribution in [0.4, 0.5) is 0 Å². The predicted molar refractivity (Wildman–Crippen MR) is 181 cm³/mol. The van der Waals surface area contributed by atoms with Crippen molar-refractivity contribution < 1.29 is 19.4 Å². The lowest BCUT2D eigenvalue weighted by Gasteiger charge is -2.15. The summed E-state index contributed by atoms with van der Waals surface area (Å²) >= 11 is 0. The van der Waals surface area contributed by atoms with Gasteiger partial charge in [0.15, 0.2) is 0 Å². The summed E-state index contributed by atoms with van der Waals surface area (Å²) in [7, 11) is 0. The molecule has 0 heterocycles. The van der Waals surface area contributed by atoms with Gasteiger partial charge in [-0.3, -0.25) is 9.59 Å². The van der Waals surface area contributed by atoms with Crippen molar-refractivity contribution in [1.29, 1.82) is 0 Å². The number of carboxylic acid groups (broad SMARTS) is 1. The number of carbonyl (C=O) groups is 2. The SMILES string of the molecule is CCCCC/C=C\C/C=C\CCCCCCCCCCCC(=O)OC(/C=C\CCCCCC)CCCCCCC(=O)O. The number of rotatable bonds is 32. The smallest absolute Gasteiger partial charge is 0.306 e. The molecule has 0 radical (unpaired) electrons. The summed E-state index contributed by atoms with van der Waals surface area (Å²) in [4.78, 5) is 23.2. The third-order valence-electron chi connectivity index (χ3n) is 7.82. The van der Waals surface area contributed by atoms with Gasteiger partial charge in [0, 0.05) is 12.8 Å². The van der Waals surface area contributed by atoms with Crippen LogP contribution in [0.15, 0.2) is 36.5 Å². The van der Waals surface area contributed by atoms with Crippen molar-refractivity contribution in [3.05, 3.63) is 36.5 Å². The van der Waals surface area contributed by atoms with Crippen LogP contribution in [-0.4, -0.2) is 23.1 Å². The molecule has 0 bridgehead atoms. The molecule has 4 heteroatoms. The summed E-state index contributed by atoms with van der Waals surface area (Å²) in [6.45, 7) is 4.47. The van der Waals surface area contributed by atoms with Gasteiger partial charge < -0.3 is 9.84 Å². The maximum atomic E-state index is 12.5. The molecule has 0 aromatic heterocycles. The minimum atomic E-state index is -0.723. The van der Waals surface area contributed by atoms with Crippen LogP contribution < -0.4 is 0 Å². The number of allylic oxidation sites excluding steroid dienone is 5. The van der Waals surface area contributed by atoms with E-state index in [9.17, 15) is 9.59 Å². The van der Waals surface area contributed by atoms with Crippen LogP contribution in [0.2, 0.25) is 0 Å². The zero-order chi connectivity index (χ0) is 30.8. The summed E-state index contributed by atoms with van der Waals surface area (Å²) in [5.41, 5.74) is 0. The molecule has 42 heavy (non-hydrogen) atoms. The topological polar surface area (TPSA) is 63.6 Å². The van der Waals surface area contributed by atoms with Crippen molar-refractivity contribution in [3.8, 4) is 0 Å². The number of unbranched alkanes of at least 4 members (excludes halogenated alkanes) is 19. The first-order valence-corrected chi connectivity index (χ1v) is 18.0. The van der Waals surface area contributed by atoms with Gasteiger partial charge in [0.1, 0.15) is 6.10 Å². The van der Waals surface area contributed by atoms with Gasteiger partial charge in [-0.25, -0.2) is 0 Å². The highest BCUT2D eigenvalue weighted by atomic mass is 16.5. The van der Waals surface area contributed by atoms with E-state index in [1.807, 2.05) is 0 Å². The van der Waals surface area contributed by atoms with Crippen LogP contribution in [0, 0.1) is 0 Å². The van der Waals surface area contributed by atoms with Crippen molar-refractivity contribution in [2.75, 3.05) is 0 Å². The molecule has 0 amide bonds. The molecule has 0 aliphatic heterocycles.